The second-order valence-electron chi connectivity index (χ2n) is 7.62. The minimum absolute atomic E-state index is 0.215. The fourth-order valence-corrected chi connectivity index (χ4v) is 4.03. The normalized spacial score (nSPS) is 16.2. The molecule has 0 radical (unpaired) electrons. The third kappa shape index (κ3) is 3.52. The number of para-hydroxylation sites is 1. The molecule has 0 fully saturated rings. The van der Waals surface area contributed by atoms with E-state index in [1.165, 1.54) is 16.8 Å². The molecule has 0 unspecified atom stereocenters. The number of nitrogens with zero attached hydrogens (tertiary/aromatic N) is 3. The Labute approximate surface area is 171 Å². The van der Waals surface area contributed by atoms with Crippen molar-refractivity contribution in [3.8, 4) is 0 Å². The zero-order valence-electron chi connectivity index (χ0n) is 16.5. The van der Waals surface area contributed by atoms with Crippen molar-refractivity contribution < 1.29 is 0 Å². The predicted octanol–water partition coefficient (Wildman–Crippen LogP) is 5.42. The average molecular weight is 377 g/mol. The van der Waals surface area contributed by atoms with E-state index >= 15 is 0 Å². The number of aryl methyl sites for hydroxylation is 1. The van der Waals surface area contributed by atoms with Crippen molar-refractivity contribution in [2.45, 2.75) is 19.4 Å². The smallest absolute Gasteiger partial charge is 0.138 e. The Morgan fingerprint density at radius 2 is 1.66 bits per heavy atom. The fraction of sp³-hybridized carbons (Fsp3) is 0.154. The first-order valence-corrected chi connectivity index (χ1v) is 10.1. The van der Waals surface area contributed by atoms with Crippen molar-refractivity contribution >= 4 is 22.4 Å². The van der Waals surface area contributed by atoms with Crippen LogP contribution in [-0.2, 0) is 6.42 Å². The Morgan fingerprint density at radius 1 is 0.862 bits per heavy atom. The van der Waals surface area contributed by atoms with E-state index in [0.29, 0.717) is 0 Å². The van der Waals surface area contributed by atoms with Crippen LogP contribution < -0.4 is 4.90 Å². The molecule has 29 heavy (non-hydrogen) atoms. The molecule has 1 aliphatic heterocycles. The molecule has 0 saturated heterocycles. The molecule has 3 nitrogen and oxygen atoms in total. The van der Waals surface area contributed by atoms with Gasteiger partial charge in [0.15, 0.2) is 0 Å². The standard InChI is InChI=1S/C26H23N3/c1-19-12-14-23(15-13-19)29-18-22(17-20-7-3-2-4-8-20)28-26(29)24-11-5-9-21-10-6-16-27-25(21)24/h2-16,22H,17-18H2,1H3/t22-/m0/s1. The number of rotatable bonds is 4. The van der Waals surface area contributed by atoms with Gasteiger partial charge in [0.25, 0.3) is 0 Å². The van der Waals surface area contributed by atoms with Crippen LogP contribution in [0.25, 0.3) is 10.9 Å². The molecule has 1 aliphatic rings. The van der Waals surface area contributed by atoms with Crippen molar-refractivity contribution in [2.24, 2.45) is 4.99 Å². The number of anilines is 1. The number of hydrogen-bond acceptors (Lipinski definition) is 3. The van der Waals surface area contributed by atoms with Gasteiger partial charge < -0.3 is 4.90 Å². The lowest BCUT2D eigenvalue weighted by Gasteiger charge is -2.22. The van der Waals surface area contributed by atoms with Crippen LogP contribution in [0.15, 0.2) is 96.1 Å². The minimum Gasteiger partial charge on any atom is -0.324 e. The molecular formula is C26H23N3. The van der Waals surface area contributed by atoms with Crippen LogP contribution in [0.5, 0.6) is 0 Å². The van der Waals surface area contributed by atoms with Crippen molar-refractivity contribution in [1.82, 2.24) is 4.98 Å². The van der Waals surface area contributed by atoms with Gasteiger partial charge in [-0.3, -0.25) is 9.98 Å². The molecule has 3 aromatic carbocycles. The van der Waals surface area contributed by atoms with E-state index in [4.69, 9.17) is 4.99 Å². The summed E-state index contributed by atoms with van der Waals surface area (Å²) in [5.74, 6) is 1.01. The molecule has 3 heteroatoms. The highest BCUT2D eigenvalue weighted by atomic mass is 15.3. The Hall–Kier alpha value is -3.46. The highest BCUT2D eigenvalue weighted by Crippen LogP contribution is 2.28. The van der Waals surface area contributed by atoms with Gasteiger partial charge in [0.05, 0.1) is 11.6 Å². The summed E-state index contributed by atoms with van der Waals surface area (Å²) in [6, 6.07) is 30.0. The average Bonchev–Trinajstić information content (AvgIpc) is 3.18. The van der Waals surface area contributed by atoms with Crippen LogP contribution in [0.4, 0.5) is 5.69 Å². The molecule has 1 aromatic heterocycles. The lowest BCUT2D eigenvalue weighted by atomic mass is 10.1. The summed E-state index contributed by atoms with van der Waals surface area (Å²) in [6.45, 7) is 2.99. The minimum atomic E-state index is 0.215. The molecule has 0 saturated carbocycles. The summed E-state index contributed by atoms with van der Waals surface area (Å²) in [6.07, 6.45) is 2.80. The molecule has 0 bridgehead atoms. The molecule has 4 aromatic rings. The van der Waals surface area contributed by atoms with Crippen LogP contribution in [0.1, 0.15) is 16.7 Å². The first-order chi connectivity index (χ1) is 14.3. The number of benzene rings is 3. The van der Waals surface area contributed by atoms with E-state index in [1.54, 1.807) is 0 Å². The molecule has 1 atom stereocenters. The molecule has 142 valence electrons. The quantitative estimate of drug-likeness (QED) is 0.475. The van der Waals surface area contributed by atoms with Crippen molar-refractivity contribution in [3.05, 3.63) is 108 Å². The fourth-order valence-electron chi connectivity index (χ4n) is 4.03. The summed E-state index contributed by atoms with van der Waals surface area (Å²) in [7, 11) is 0. The van der Waals surface area contributed by atoms with Gasteiger partial charge in [-0.15, -0.1) is 0 Å². The maximum Gasteiger partial charge on any atom is 0.138 e. The van der Waals surface area contributed by atoms with Crippen LogP contribution in [-0.4, -0.2) is 23.4 Å². The molecule has 0 N–H and O–H groups in total. The molecular weight excluding hydrogens is 354 g/mol. The molecule has 5 rings (SSSR count). The Bertz CT molecular complexity index is 1160. The SMILES string of the molecule is Cc1ccc(N2C[C@H](Cc3ccccc3)N=C2c2cccc3cccnc23)cc1. The lowest BCUT2D eigenvalue weighted by Crippen LogP contribution is -2.30. The van der Waals surface area contributed by atoms with Crippen LogP contribution in [0.3, 0.4) is 0 Å². The molecule has 0 spiro atoms. The van der Waals surface area contributed by atoms with Crippen LogP contribution >= 0.6 is 0 Å². The van der Waals surface area contributed by atoms with Crippen LogP contribution in [0.2, 0.25) is 0 Å². The van der Waals surface area contributed by atoms with Gasteiger partial charge in [-0.1, -0.05) is 66.2 Å². The van der Waals surface area contributed by atoms with Gasteiger partial charge >= 0.3 is 0 Å². The maximum absolute atomic E-state index is 5.19. The van der Waals surface area contributed by atoms with E-state index in [-0.39, 0.29) is 6.04 Å². The number of hydrogen-bond donors (Lipinski definition) is 0. The predicted molar refractivity (Wildman–Crippen MR) is 121 cm³/mol. The number of amidine groups is 1. The Morgan fingerprint density at radius 3 is 2.48 bits per heavy atom. The van der Waals surface area contributed by atoms with Gasteiger partial charge in [-0.2, -0.15) is 0 Å². The highest BCUT2D eigenvalue weighted by Gasteiger charge is 2.28. The summed E-state index contributed by atoms with van der Waals surface area (Å²) < 4.78 is 0. The largest absolute Gasteiger partial charge is 0.324 e. The summed E-state index contributed by atoms with van der Waals surface area (Å²) >= 11 is 0. The third-order valence-electron chi connectivity index (χ3n) is 5.49. The van der Waals surface area contributed by atoms with E-state index in [9.17, 15) is 0 Å². The Balaban J connectivity index is 1.58. The zero-order valence-corrected chi connectivity index (χ0v) is 16.5. The van der Waals surface area contributed by atoms with Gasteiger partial charge in [0.2, 0.25) is 0 Å². The highest BCUT2D eigenvalue weighted by molar-refractivity contribution is 6.17. The number of fused-ring (bicyclic) bond motifs is 1. The maximum atomic E-state index is 5.19. The zero-order chi connectivity index (χ0) is 19.6. The van der Waals surface area contributed by atoms with E-state index in [1.807, 2.05) is 12.3 Å². The summed E-state index contributed by atoms with van der Waals surface area (Å²) in [5, 5.41) is 1.14. The lowest BCUT2D eigenvalue weighted by molar-refractivity contribution is 0.714. The molecule has 2 heterocycles. The second-order valence-corrected chi connectivity index (χ2v) is 7.62. The van der Waals surface area contributed by atoms with Gasteiger partial charge in [0.1, 0.15) is 5.84 Å². The van der Waals surface area contributed by atoms with E-state index in [2.05, 4.69) is 95.7 Å². The van der Waals surface area contributed by atoms with Gasteiger partial charge in [-0.05, 0) is 43.2 Å². The number of pyridine rings is 1. The topological polar surface area (TPSA) is 28.5 Å². The van der Waals surface area contributed by atoms with E-state index in [0.717, 1.165) is 35.3 Å². The monoisotopic (exact) mass is 377 g/mol. The summed E-state index contributed by atoms with van der Waals surface area (Å²) in [5.41, 5.74) is 5.87. The first-order valence-electron chi connectivity index (χ1n) is 10.1. The first kappa shape index (κ1) is 17.6. The van der Waals surface area contributed by atoms with Crippen molar-refractivity contribution in [2.75, 3.05) is 11.4 Å². The second kappa shape index (κ2) is 7.51. The van der Waals surface area contributed by atoms with Crippen molar-refractivity contribution in [1.29, 1.82) is 0 Å². The molecule has 0 amide bonds. The van der Waals surface area contributed by atoms with Crippen molar-refractivity contribution in [3.63, 3.8) is 0 Å². The number of aliphatic imine (C=N–C) groups is 1. The van der Waals surface area contributed by atoms with E-state index < -0.39 is 0 Å². The van der Waals surface area contributed by atoms with Crippen LogP contribution in [0, 0.1) is 6.92 Å². The Kier molecular flexibility index (Phi) is 4.57. The summed E-state index contributed by atoms with van der Waals surface area (Å²) in [4.78, 5) is 12.2. The molecule has 0 aliphatic carbocycles. The van der Waals surface area contributed by atoms with Gasteiger partial charge in [0, 0.05) is 29.4 Å². The third-order valence-corrected chi connectivity index (χ3v) is 5.49. The number of aromatic nitrogens is 1. The van der Waals surface area contributed by atoms with Gasteiger partial charge in [-0.25, -0.2) is 0 Å².